The van der Waals surface area contributed by atoms with Crippen molar-refractivity contribution in [1.82, 2.24) is 0 Å². The summed E-state index contributed by atoms with van der Waals surface area (Å²) in [6.07, 6.45) is 8.07. The monoisotopic (exact) mass is 372 g/mol. The maximum absolute atomic E-state index is 13.2. The molecule has 0 aliphatic rings. The van der Waals surface area contributed by atoms with Crippen molar-refractivity contribution in [3.05, 3.63) is 77.4 Å². The van der Waals surface area contributed by atoms with Gasteiger partial charge in [0, 0.05) is 6.08 Å². The summed E-state index contributed by atoms with van der Waals surface area (Å²) in [7, 11) is 0. The van der Waals surface area contributed by atoms with E-state index in [1.165, 1.54) is 49.6 Å². The molecule has 0 atom stereocenters. The Labute approximate surface area is 159 Å². The van der Waals surface area contributed by atoms with Crippen molar-refractivity contribution in [2.75, 3.05) is 6.61 Å². The predicted octanol–water partition coefficient (Wildman–Crippen LogP) is 6.30. The lowest BCUT2D eigenvalue weighted by molar-refractivity contribution is -0.137. The molecule has 2 nitrogen and oxygen atoms in total. The first kappa shape index (κ1) is 20.8. The minimum Gasteiger partial charge on any atom is -0.463 e. The largest absolute Gasteiger partial charge is 0.463 e. The van der Waals surface area contributed by atoms with Crippen molar-refractivity contribution in [1.29, 1.82) is 0 Å². The first-order valence-corrected chi connectivity index (χ1v) is 9.50. The van der Waals surface area contributed by atoms with E-state index in [-0.39, 0.29) is 11.6 Å². The van der Waals surface area contributed by atoms with Crippen LogP contribution in [0, 0.1) is 11.6 Å². The maximum Gasteiger partial charge on any atom is 0.331 e. The van der Waals surface area contributed by atoms with Crippen molar-refractivity contribution in [2.24, 2.45) is 0 Å². The number of benzene rings is 2. The van der Waals surface area contributed by atoms with Crippen molar-refractivity contribution < 1.29 is 18.3 Å². The SMILES string of the molecule is CCCCCCCCOC(=O)C=C(c1ccc(F)cc1)c1ccc(F)cc1. The summed E-state index contributed by atoms with van der Waals surface area (Å²) in [5.74, 6) is -1.17. The van der Waals surface area contributed by atoms with Crippen molar-refractivity contribution in [3.8, 4) is 0 Å². The fourth-order valence-corrected chi connectivity index (χ4v) is 2.81. The minimum absolute atomic E-state index is 0.358. The molecule has 27 heavy (non-hydrogen) atoms. The maximum atomic E-state index is 13.2. The zero-order valence-corrected chi connectivity index (χ0v) is 15.7. The summed E-state index contributed by atoms with van der Waals surface area (Å²) in [5, 5.41) is 0. The molecule has 0 aliphatic heterocycles. The van der Waals surface area contributed by atoms with Gasteiger partial charge in [-0.15, -0.1) is 0 Å². The number of hydrogen-bond donors (Lipinski definition) is 0. The van der Waals surface area contributed by atoms with Crippen molar-refractivity contribution >= 4 is 11.5 Å². The van der Waals surface area contributed by atoms with E-state index in [2.05, 4.69) is 6.92 Å². The molecule has 2 aromatic rings. The molecule has 2 aromatic carbocycles. The second kappa shape index (κ2) is 11.3. The van der Waals surface area contributed by atoms with Gasteiger partial charge in [0.15, 0.2) is 0 Å². The third kappa shape index (κ3) is 7.33. The van der Waals surface area contributed by atoms with Crippen LogP contribution in [0.15, 0.2) is 54.6 Å². The molecule has 0 heterocycles. The van der Waals surface area contributed by atoms with E-state index in [1.807, 2.05) is 0 Å². The molecule has 0 saturated carbocycles. The van der Waals surface area contributed by atoms with E-state index >= 15 is 0 Å². The van der Waals surface area contributed by atoms with E-state index in [0.29, 0.717) is 23.3 Å². The molecular formula is C23H26F2O2. The summed E-state index contributed by atoms with van der Waals surface area (Å²) in [6.45, 7) is 2.55. The summed E-state index contributed by atoms with van der Waals surface area (Å²) in [5.41, 5.74) is 1.90. The Bertz CT molecular complexity index is 686. The van der Waals surface area contributed by atoms with E-state index in [0.717, 1.165) is 19.3 Å². The van der Waals surface area contributed by atoms with Gasteiger partial charge in [-0.25, -0.2) is 13.6 Å². The Kier molecular flexibility index (Phi) is 8.69. The molecular weight excluding hydrogens is 346 g/mol. The highest BCUT2D eigenvalue weighted by Crippen LogP contribution is 2.24. The van der Waals surface area contributed by atoms with Crippen molar-refractivity contribution in [2.45, 2.75) is 45.4 Å². The molecule has 0 aromatic heterocycles. The number of unbranched alkanes of at least 4 members (excludes halogenated alkanes) is 5. The van der Waals surface area contributed by atoms with Gasteiger partial charge in [-0.05, 0) is 47.4 Å². The molecule has 2 rings (SSSR count). The lowest BCUT2D eigenvalue weighted by Crippen LogP contribution is -2.04. The Morgan fingerprint density at radius 2 is 1.30 bits per heavy atom. The zero-order valence-electron chi connectivity index (χ0n) is 15.7. The van der Waals surface area contributed by atoms with Crippen LogP contribution >= 0.6 is 0 Å². The third-order valence-electron chi connectivity index (χ3n) is 4.31. The van der Waals surface area contributed by atoms with Gasteiger partial charge < -0.3 is 4.74 Å². The highest BCUT2D eigenvalue weighted by molar-refractivity contribution is 5.96. The normalized spacial score (nSPS) is 10.5. The van der Waals surface area contributed by atoms with Crippen LogP contribution < -0.4 is 0 Å². The molecule has 0 bridgehead atoms. The molecule has 0 spiro atoms. The standard InChI is InChI=1S/C23H26F2O2/c1-2-3-4-5-6-7-16-27-23(26)17-22(18-8-12-20(24)13-9-18)19-10-14-21(25)15-11-19/h8-15,17H,2-7,16H2,1H3. The predicted molar refractivity (Wildman–Crippen MR) is 104 cm³/mol. The van der Waals surface area contributed by atoms with Crippen LogP contribution in [0.3, 0.4) is 0 Å². The van der Waals surface area contributed by atoms with E-state index in [1.54, 1.807) is 24.3 Å². The van der Waals surface area contributed by atoms with Gasteiger partial charge in [0.2, 0.25) is 0 Å². The summed E-state index contributed by atoms with van der Waals surface area (Å²) in [4.78, 5) is 12.2. The fraction of sp³-hybridized carbons (Fsp3) is 0.348. The van der Waals surface area contributed by atoms with E-state index in [4.69, 9.17) is 4.74 Å². The van der Waals surface area contributed by atoms with Gasteiger partial charge >= 0.3 is 5.97 Å². The third-order valence-corrected chi connectivity index (χ3v) is 4.31. The van der Waals surface area contributed by atoms with E-state index < -0.39 is 5.97 Å². The summed E-state index contributed by atoms with van der Waals surface area (Å²) in [6, 6.07) is 11.7. The molecule has 4 heteroatoms. The molecule has 0 N–H and O–H groups in total. The van der Waals surface area contributed by atoms with E-state index in [9.17, 15) is 13.6 Å². The van der Waals surface area contributed by atoms with Gasteiger partial charge in [-0.1, -0.05) is 63.3 Å². The minimum atomic E-state index is -0.452. The second-order valence-corrected chi connectivity index (χ2v) is 6.51. The highest BCUT2D eigenvalue weighted by atomic mass is 19.1. The Hall–Kier alpha value is -2.49. The van der Waals surface area contributed by atoms with Gasteiger partial charge in [0.25, 0.3) is 0 Å². The lowest BCUT2D eigenvalue weighted by atomic mass is 9.97. The number of carbonyl (C=O) groups excluding carboxylic acids is 1. The van der Waals surface area contributed by atoms with Crippen LogP contribution in [0.1, 0.15) is 56.6 Å². The molecule has 0 aliphatic carbocycles. The summed E-state index contributed by atoms with van der Waals surface area (Å²) < 4.78 is 31.8. The topological polar surface area (TPSA) is 26.3 Å². The van der Waals surface area contributed by atoms with Crippen LogP contribution in [-0.4, -0.2) is 12.6 Å². The Morgan fingerprint density at radius 3 is 1.81 bits per heavy atom. The van der Waals surface area contributed by atoms with Crippen LogP contribution in [0.5, 0.6) is 0 Å². The number of ether oxygens (including phenoxy) is 1. The smallest absolute Gasteiger partial charge is 0.331 e. The highest BCUT2D eigenvalue weighted by Gasteiger charge is 2.09. The molecule has 0 amide bonds. The van der Waals surface area contributed by atoms with Crippen LogP contribution in [0.25, 0.3) is 5.57 Å². The van der Waals surface area contributed by atoms with Gasteiger partial charge in [0.1, 0.15) is 11.6 Å². The summed E-state index contributed by atoms with van der Waals surface area (Å²) >= 11 is 0. The van der Waals surface area contributed by atoms with Crippen LogP contribution in [-0.2, 0) is 9.53 Å². The molecule has 0 saturated heterocycles. The number of halogens is 2. The van der Waals surface area contributed by atoms with Crippen molar-refractivity contribution in [3.63, 3.8) is 0 Å². The van der Waals surface area contributed by atoms with Gasteiger partial charge in [-0.2, -0.15) is 0 Å². The number of hydrogen-bond acceptors (Lipinski definition) is 2. The van der Waals surface area contributed by atoms with Crippen LogP contribution in [0.2, 0.25) is 0 Å². The second-order valence-electron chi connectivity index (χ2n) is 6.51. The quantitative estimate of drug-likeness (QED) is 0.278. The molecule has 144 valence electrons. The fourth-order valence-electron chi connectivity index (χ4n) is 2.81. The Morgan fingerprint density at radius 1 is 0.815 bits per heavy atom. The first-order valence-electron chi connectivity index (χ1n) is 9.50. The number of esters is 1. The molecule has 0 unspecified atom stereocenters. The first-order chi connectivity index (χ1) is 13.1. The molecule has 0 radical (unpaired) electrons. The molecule has 0 fully saturated rings. The number of rotatable bonds is 10. The average Bonchev–Trinajstić information content (AvgIpc) is 2.67. The average molecular weight is 372 g/mol. The van der Waals surface area contributed by atoms with Gasteiger partial charge in [-0.3, -0.25) is 0 Å². The zero-order chi connectivity index (χ0) is 19.5. The number of carbonyl (C=O) groups is 1. The van der Waals surface area contributed by atoms with Gasteiger partial charge in [0.05, 0.1) is 6.61 Å². The lowest BCUT2D eigenvalue weighted by Gasteiger charge is -2.09. The van der Waals surface area contributed by atoms with Crippen LogP contribution in [0.4, 0.5) is 8.78 Å². The Balaban J connectivity index is 2.03.